The fraction of sp³-hybridized carbons (Fsp3) is 0.0870. The Balaban J connectivity index is 1.63. The fourth-order valence-corrected chi connectivity index (χ4v) is 5.39. The van der Waals surface area contributed by atoms with E-state index in [1.165, 1.54) is 11.3 Å². The van der Waals surface area contributed by atoms with Gasteiger partial charge < -0.3 is 10.1 Å². The summed E-state index contributed by atoms with van der Waals surface area (Å²) in [7, 11) is 1.56. The number of carbonyl (C=O) groups excluding carboxylic acids is 2. The molecule has 3 heterocycles. The topological polar surface area (TPSA) is 80.3 Å². The van der Waals surface area contributed by atoms with Crippen LogP contribution in [0, 0.1) is 6.92 Å². The number of nitrogens with one attached hydrogen (secondary N) is 2. The second kappa shape index (κ2) is 7.63. The average Bonchev–Trinajstić information content (AvgIpc) is 3.17. The monoisotopic (exact) mass is 463 g/mol. The smallest absolute Gasteiger partial charge is 0.442 e. The van der Waals surface area contributed by atoms with E-state index >= 15 is 0 Å². The number of aromatic nitrogens is 1. The number of ether oxygens (including phenoxy) is 1. The van der Waals surface area contributed by atoms with Crippen LogP contribution in [0.4, 0.5) is 21.9 Å². The molecule has 0 fully saturated rings. The number of para-hydroxylation sites is 1. The molecule has 0 bridgehead atoms. The summed E-state index contributed by atoms with van der Waals surface area (Å²) in [6, 6.07) is 16.4. The Labute approximate surface area is 193 Å². The first-order chi connectivity index (χ1) is 15.4. The highest BCUT2D eigenvalue weighted by atomic mass is 32.1. The molecule has 5 rings (SSSR count). The summed E-state index contributed by atoms with van der Waals surface area (Å²) in [6.07, 6.45) is 1.63. The minimum Gasteiger partial charge on any atom is -0.457 e. The molecule has 0 aliphatic carbocycles. The molecule has 32 heavy (non-hydrogen) atoms. The Morgan fingerprint density at radius 1 is 1.12 bits per heavy atom. The molecule has 1 unspecified atom stereocenters. The molecule has 1 aliphatic heterocycles. The molecule has 2 aromatic heterocycles. The predicted molar refractivity (Wildman–Crippen MR) is 130 cm³/mol. The van der Waals surface area contributed by atoms with Crippen LogP contribution < -0.4 is 19.3 Å². The first-order valence-corrected chi connectivity index (χ1v) is 11.1. The molecular formula is C23H19N4O3S2+. The molecule has 1 aliphatic rings. The summed E-state index contributed by atoms with van der Waals surface area (Å²) >= 11 is 6.10. The van der Waals surface area contributed by atoms with Gasteiger partial charge >= 0.3 is 6.03 Å². The Morgan fingerprint density at radius 2 is 1.91 bits per heavy atom. The fourth-order valence-electron chi connectivity index (χ4n) is 3.88. The predicted octanol–water partition coefficient (Wildman–Crippen LogP) is 5.79. The number of amides is 3. The van der Waals surface area contributed by atoms with Crippen LogP contribution >= 0.6 is 24.2 Å². The highest BCUT2D eigenvalue weighted by molar-refractivity contribution is 7.81. The van der Waals surface area contributed by atoms with Crippen LogP contribution in [0.2, 0.25) is 0 Å². The molecule has 0 saturated heterocycles. The van der Waals surface area contributed by atoms with Crippen molar-refractivity contribution < 1.29 is 14.3 Å². The Kier molecular flexibility index (Phi) is 4.89. The van der Waals surface area contributed by atoms with Gasteiger partial charge in [-0.1, -0.05) is 18.2 Å². The number of aryl methyl sites for hydroxylation is 1. The minimum absolute atomic E-state index is 0.271. The second-order valence-electron chi connectivity index (χ2n) is 7.32. The molecule has 4 aromatic rings. The van der Waals surface area contributed by atoms with Crippen LogP contribution in [-0.2, 0) is 0 Å². The second-order valence-corrected chi connectivity index (χ2v) is 8.92. The summed E-state index contributed by atoms with van der Waals surface area (Å²) in [6.45, 7) is 1.91. The zero-order valence-corrected chi connectivity index (χ0v) is 19.0. The number of thiophene rings is 1. The van der Waals surface area contributed by atoms with Gasteiger partial charge in [0, 0.05) is 30.9 Å². The number of thiol groups is 1. The van der Waals surface area contributed by atoms with Gasteiger partial charge in [0.15, 0.2) is 11.4 Å². The van der Waals surface area contributed by atoms with Gasteiger partial charge in [-0.05, 0) is 31.2 Å². The largest absolute Gasteiger partial charge is 0.457 e. The third-order valence-corrected chi connectivity index (χ3v) is 7.08. The van der Waals surface area contributed by atoms with Gasteiger partial charge in [0.25, 0.3) is 5.91 Å². The highest BCUT2D eigenvalue weighted by Crippen LogP contribution is 2.51. The number of quaternary nitrogens is 1. The van der Waals surface area contributed by atoms with Crippen LogP contribution in [0.3, 0.4) is 0 Å². The lowest BCUT2D eigenvalue weighted by Crippen LogP contribution is -2.46. The van der Waals surface area contributed by atoms with E-state index in [-0.39, 0.29) is 11.9 Å². The number of urea groups is 1. The lowest BCUT2D eigenvalue weighted by molar-refractivity contribution is 0.0968. The molecule has 0 radical (unpaired) electrons. The standard InChI is InChI=1S/C23H18N4O3S2/c1-13-12-15(30-14-6-4-3-5-7-14)8-9-16(13)27(31)17-10-11-25-22-18(17)19(26-23(27)29)20(32-22)21(28)24-2/h3-12,31H,1-2H3,(H-,24,26,28,29)/p+1. The Bertz CT molecular complexity index is 1390. The molecular weight excluding hydrogens is 444 g/mol. The number of benzene rings is 2. The van der Waals surface area contributed by atoms with Gasteiger partial charge in [-0.2, -0.15) is 0 Å². The molecule has 160 valence electrons. The third kappa shape index (κ3) is 3.05. The number of carbonyl (C=O) groups is 2. The van der Waals surface area contributed by atoms with E-state index in [2.05, 4.69) is 15.6 Å². The van der Waals surface area contributed by atoms with Crippen LogP contribution in [0.25, 0.3) is 10.2 Å². The van der Waals surface area contributed by atoms with Crippen LogP contribution in [0.5, 0.6) is 11.5 Å². The van der Waals surface area contributed by atoms with E-state index < -0.39 is 3.89 Å². The van der Waals surface area contributed by atoms with Gasteiger partial charge in [-0.25, -0.2) is 9.78 Å². The van der Waals surface area contributed by atoms with Crippen molar-refractivity contribution in [2.24, 2.45) is 0 Å². The summed E-state index contributed by atoms with van der Waals surface area (Å²) in [5.41, 5.74) is 2.63. The summed E-state index contributed by atoms with van der Waals surface area (Å²) < 4.78 is 5.54. The maximum absolute atomic E-state index is 13.4. The lowest BCUT2D eigenvalue weighted by Gasteiger charge is -2.32. The Hall–Kier alpha value is -3.40. The van der Waals surface area contributed by atoms with Crippen LogP contribution in [0.1, 0.15) is 15.2 Å². The molecule has 0 saturated carbocycles. The lowest BCUT2D eigenvalue weighted by atomic mass is 10.1. The van der Waals surface area contributed by atoms with Crippen molar-refractivity contribution in [2.45, 2.75) is 6.92 Å². The van der Waals surface area contributed by atoms with E-state index in [1.807, 2.05) is 55.5 Å². The van der Waals surface area contributed by atoms with Crippen molar-refractivity contribution in [1.82, 2.24) is 14.2 Å². The number of hydrogen-bond acceptors (Lipinski definition) is 6. The Morgan fingerprint density at radius 3 is 2.62 bits per heavy atom. The van der Waals surface area contributed by atoms with Crippen molar-refractivity contribution in [1.29, 1.82) is 0 Å². The van der Waals surface area contributed by atoms with E-state index in [4.69, 9.17) is 17.6 Å². The van der Waals surface area contributed by atoms with Crippen molar-refractivity contribution in [3.8, 4) is 11.5 Å². The first-order valence-electron chi connectivity index (χ1n) is 9.85. The zero-order chi connectivity index (χ0) is 22.5. The number of rotatable bonds is 4. The van der Waals surface area contributed by atoms with Crippen LogP contribution in [0.15, 0.2) is 60.8 Å². The molecule has 3 amide bonds. The average molecular weight is 464 g/mol. The van der Waals surface area contributed by atoms with Crippen LogP contribution in [-0.4, -0.2) is 24.0 Å². The van der Waals surface area contributed by atoms with Gasteiger partial charge in [0.05, 0.1) is 23.9 Å². The number of anilines is 1. The van der Waals surface area contributed by atoms with Gasteiger partial charge in [0.1, 0.15) is 21.2 Å². The SMILES string of the molecule is CNC(=O)c1sc2nccc3c2c1NC(=O)[N+]3(S)c1ccc(Oc2ccccc2)cc1C. The zero-order valence-electron chi connectivity index (χ0n) is 17.2. The quantitative estimate of drug-likeness (QED) is 0.265. The van der Waals surface area contributed by atoms with Gasteiger partial charge in [-0.3, -0.25) is 10.1 Å². The number of hydrogen-bond donors (Lipinski definition) is 3. The summed E-state index contributed by atoms with van der Waals surface area (Å²) in [5, 5.41) is 6.23. The van der Waals surface area contributed by atoms with Gasteiger partial charge in [-0.15, -0.1) is 15.2 Å². The van der Waals surface area contributed by atoms with E-state index in [0.29, 0.717) is 32.5 Å². The van der Waals surface area contributed by atoms with Crippen molar-refractivity contribution in [3.63, 3.8) is 0 Å². The third-order valence-electron chi connectivity index (χ3n) is 5.37. The summed E-state index contributed by atoms with van der Waals surface area (Å²) in [4.78, 5) is 31.3. The molecule has 2 aromatic carbocycles. The minimum atomic E-state index is -0.395. The van der Waals surface area contributed by atoms with Crippen molar-refractivity contribution in [3.05, 3.63) is 71.2 Å². The van der Waals surface area contributed by atoms with E-state index in [9.17, 15) is 9.59 Å². The first kappa shape index (κ1) is 20.5. The molecule has 0 spiro atoms. The molecule has 1 atom stereocenters. The van der Waals surface area contributed by atoms with Gasteiger partial charge in [0.2, 0.25) is 0 Å². The molecule has 2 N–H and O–H groups in total. The van der Waals surface area contributed by atoms with E-state index in [1.54, 1.807) is 19.3 Å². The maximum Gasteiger partial charge on any atom is 0.442 e. The molecule has 9 heteroatoms. The number of nitrogens with zero attached hydrogens (tertiary/aromatic N) is 2. The number of pyridine rings is 1. The molecule has 7 nitrogen and oxygen atoms in total. The van der Waals surface area contributed by atoms with E-state index in [0.717, 1.165) is 16.7 Å². The summed E-state index contributed by atoms with van der Waals surface area (Å²) in [5.74, 6) is 1.12. The van der Waals surface area contributed by atoms with Crippen molar-refractivity contribution in [2.75, 3.05) is 12.4 Å². The highest BCUT2D eigenvalue weighted by Gasteiger charge is 2.48. The maximum atomic E-state index is 13.4. The normalized spacial score (nSPS) is 17.2. The van der Waals surface area contributed by atoms with Crippen molar-refractivity contribution >= 4 is 63.4 Å².